The Morgan fingerprint density at radius 2 is 0.636 bits per heavy atom. The van der Waals surface area contributed by atoms with Crippen LogP contribution in [0.2, 0.25) is 0 Å². The third-order valence-electron chi connectivity index (χ3n) is 11.4. The zero-order valence-corrected chi connectivity index (χ0v) is 37.4. The van der Waals surface area contributed by atoms with Crippen molar-refractivity contribution in [3.63, 3.8) is 0 Å². The Labute approximate surface area is 342 Å². The fourth-order valence-electron chi connectivity index (χ4n) is 7.30. The normalized spacial score (nSPS) is 12.4. The molecule has 0 aromatic carbocycles. The summed E-state index contributed by atoms with van der Waals surface area (Å²) < 4.78 is 16.7. The van der Waals surface area contributed by atoms with E-state index in [0.29, 0.717) is 19.3 Å². The Morgan fingerprint density at radius 1 is 0.364 bits per heavy atom. The first-order valence-corrected chi connectivity index (χ1v) is 24.4. The van der Waals surface area contributed by atoms with Crippen LogP contribution in [0.1, 0.15) is 272 Å². The van der Waals surface area contributed by atoms with Crippen LogP contribution < -0.4 is 0 Å². The van der Waals surface area contributed by atoms with Gasteiger partial charge in [-0.2, -0.15) is 0 Å². The molecular formula is C49H94O6. The molecule has 0 heterocycles. The number of hydrogen-bond acceptors (Lipinski definition) is 6. The lowest BCUT2D eigenvalue weighted by Crippen LogP contribution is -2.30. The lowest BCUT2D eigenvalue weighted by molar-refractivity contribution is -0.167. The Hall–Kier alpha value is -1.59. The fraction of sp³-hybridized carbons (Fsp3) is 0.939. The average Bonchev–Trinajstić information content (AvgIpc) is 3.18. The first-order chi connectivity index (χ1) is 26.9. The summed E-state index contributed by atoms with van der Waals surface area (Å²) >= 11 is 0. The quantitative estimate of drug-likeness (QED) is 0.0348. The molecule has 0 aliphatic carbocycles. The van der Waals surface area contributed by atoms with Gasteiger partial charge in [0.25, 0.3) is 0 Å². The minimum Gasteiger partial charge on any atom is -0.462 e. The van der Waals surface area contributed by atoms with Gasteiger partial charge in [-0.3, -0.25) is 14.4 Å². The third-order valence-corrected chi connectivity index (χ3v) is 11.4. The summed E-state index contributed by atoms with van der Waals surface area (Å²) in [6.07, 6.45) is 44.0. The van der Waals surface area contributed by atoms with Crippen LogP contribution in [-0.4, -0.2) is 37.2 Å². The topological polar surface area (TPSA) is 78.9 Å². The molecule has 0 fully saturated rings. The van der Waals surface area contributed by atoms with E-state index in [0.717, 1.165) is 70.1 Å². The second-order valence-corrected chi connectivity index (χ2v) is 17.0. The standard InChI is InChI=1S/C49H94O6/c1-5-8-10-12-13-14-15-16-20-23-26-29-33-37-41-48(51)54-44-46(43-53-47(50)40-36-31-11-9-6-2)55-49(52)42-38-34-30-27-24-21-18-17-19-22-25-28-32-35-39-45(4)7-3/h45-46H,5-44H2,1-4H3/t45?,46-/m1/s1. The maximum atomic E-state index is 12.7. The molecule has 0 aromatic heterocycles. The highest BCUT2D eigenvalue weighted by atomic mass is 16.6. The average molecular weight is 779 g/mol. The largest absolute Gasteiger partial charge is 0.462 e. The number of unbranched alkanes of at least 4 members (excludes halogenated alkanes) is 30. The molecular weight excluding hydrogens is 685 g/mol. The Morgan fingerprint density at radius 3 is 0.945 bits per heavy atom. The number of ether oxygens (including phenoxy) is 3. The number of carbonyl (C=O) groups is 3. The van der Waals surface area contributed by atoms with Gasteiger partial charge in [0.05, 0.1) is 0 Å². The lowest BCUT2D eigenvalue weighted by Gasteiger charge is -2.18. The molecule has 0 aliphatic rings. The van der Waals surface area contributed by atoms with Crippen molar-refractivity contribution in [2.24, 2.45) is 5.92 Å². The number of rotatable bonds is 44. The highest BCUT2D eigenvalue weighted by molar-refractivity contribution is 5.71. The van der Waals surface area contributed by atoms with Gasteiger partial charge in [-0.1, -0.05) is 233 Å². The van der Waals surface area contributed by atoms with E-state index in [-0.39, 0.29) is 31.1 Å². The SMILES string of the molecule is CCCCCCCCCCCCCCCCC(=O)OC[C@@H](COC(=O)CCCCCCC)OC(=O)CCCCCCCCCCCCCCCCC(C)CC. The highest BCUT2D eigenvalue weighted by Gasteiger charge is 2.19. The van der Waals surface area contributed by atoms with Gasteiger partial charge in [0.2, 0.25) is 0 Å². The predicted molar refractivity (Wildman–Crippen MR) is 233 cm³/mol. The lowest BCUT2D eigenvalue weighted by atomic mass is 9.99. The molecule has 0 amide bonds. The molecule has 326 valence electrons. The summed E-state index contributed by atoms with van der Waals surface area (Å²) in [5.41, 5.74) is 0. The molecule has 0 rings (SSSR count). The van der Waals surface area contributed by atoms with Crippen LogP contribution in [0.25, 0.3) is 0 Å². The van der Waals surface area contributed by atoms with Gasteiger partial charge >= 0.3 is 17.9 Å². The molecule has 0 N–H and O–H groups in total. The van der Waals surface area contributed by atoms with Crippen LogP contribution in [-0.2, 0) is 28.6 Å². The van der Waals surface area contributed by atoms with E-state index in [2.05, 4.69) is 27.7 Å². The molecule has 0 radical (unpaired) electrons. The number of esters is 3. The zero-order chi connectivity index (χ0) is 40.3. The summed E-state index contributed by atoms with van der Waals surface area (Å²) in [7, 11) is 0. The van der Waals surface area contributed by atoms with Crippen molar-refractivity contribution >= 4 is 17.9 Å². The van der Waals surface area contributed by atoms with Crippen LogP contribution in [0.4, 0.5) is 0 Å². The van der Waals surface area contributed by atoms with Crippen LogP contribution in [0.5, 0.6) is 0 Å². The molecule has 6 heteroatoms. The molecule has 6 nitrogen and oxygen atoms in total. The van der Waals surface area contributed by atoms with Gasteiger partial charge in [0.15, 0.2) is 6.10 Å². The predicted octanol–water partition coefficient (Wildman–Crippen LogP) is 15.5. The van der Waals surface area contributed by atoms with Crippen molar-refractivity contribution in [2.45, 2.75) is 278 Å². The first kappa shape index (κ1) is 53.4. The van der Waals surface area contributed by atoms with Crippen molar-refractivity contribution in [3.8, 4) is 0 Å². The van der Waals surface area contributed by atoms with Crippen molar-refractivity contribution < 1.29 is 28.6 Å². The summed E-state index contributed by atoms with van der Waals surface area (Å²) in [5, 5.41) is 0. The van der Waals surface area contributed by atoms with Crippen LogP contribution in [0.15, 0.2) is 0 Å². The molecule has 1 unspecified atom stereocenters. The molecule has 55 heavy (non-hydrogen) atoms. The third kappa shape index (κ3) is 41.9. The van der Waals surface area contributed by atoms with E-state index in [1.807, 2.05) is 0 Å². The molecule has 0 bridgehead atoms. The monoisotopic (exact) mass is 779 g/mol. The number of carbonyl (C=O) groups excluding carboxylic acids is 3. The highest BCUT2D eigenvalue weighted by Crippen LogP contribution is 2.17. The summed E-state index contributed by atoms with van der Waals surface area (Å²) in [6.45, 7) is 8.98. The second-order valence-electron chi connectivity index (χ2n) is 17.0. The maximum Gasteiger partial charge on any atom is 0.306 e. The van der Waals surface area contributed by atoms with Gasteiger partial charge < -0.3 is 14.2 Å². The number of hydrogen-bond donors (Lipinski definition) is 0. The van der Waals surface area contributed by atoms with Crippen molar-refractivity contribution in [1.29, 1.82) is 0 Å². The zero-order valence-electron chi connectivity index (χ0n) is 37.4. The van der Waals surface area contributed by atoms with E-state index in [9.17, 15) is 14.4 Å². The van der Waals surface area contributed by atoms with E-state index in [4.69, 9.17) is 14.2 Å². The van der Waals surface area contributed by atoms with Crippen LogP contribution in [0.3, 0.4) is 0 Å². The Kier molecular flexibility index (Phi) is 42.3. The first-order valence-electron chi connectivity index (χ1n) is 24.4. The Bertz CT molecular complexity index is 828. The molecule has 2 atom stereocenters. The van der Waals surface area contributed by atoms with Gasteiger partial charge in [-0.15, -0.1) is 0 Å². The van der Waals surface area contributed by atoms with Gasteiger partial charge in [0.1, 0.15) is 13.2 Å². The summed E-state index contributed by atoms with van der Waals surface area (Å²) in [4.78, 5) is 37.6. The van der Waals surface area contributed by atoms with E-state index in [1.165, 1.54) is 161 Å². The van der Waals surface area contributed by atoms with E-state index >= 15 is 0 Å². The van der Waals surface area contributed by atoms with Crippen molar-refractivity contribution in [2.75, 3.05) is 13.2 Å². The van der Waals surface area contributed by atoms with E-state index in [1.54, 1.807) is 0 Å². The van der Waals surface area contributed by atoms with Crippen molar-refractivity contribution in [1.82, 2.24) is 0 Å². The van der Waals surface area contributed by atoms with Crippen molar-refractivity contribution in [3.05, 3.63) is 0 Å². The molecule has 0 saturated heterocycles. The van der Waals surface area contributed by atoms with Crippen LogP contribution >= 0.6 is 0 Å². The van der Waals surface area contributed by atoms with Gasteiger partial charge in [-0.25, -0.2) is 0 Å². The molecule has 0 aromatic rings. The van der Waals surface area contributed by atoms with Gasteiger partial charge in [-0.05, 0) is 25.2 Å². The molecule has 0 spiro atoms. The Balaban J connectivity index is 4.14. The van der Waals surface area contributed by atoms with Crippen LogP contribution in [0, 0.1) is 5.92 Å². The molecule has 0 saturated carbocycles. The second kappa shape index (κ2) is 43.5. The smallest absolute Gasteiger partial charge is 0.306 e. The fourth-order valence-corrected chi connectivity index (χ4v) is 7.30. The summed E-state index contributed by atoms with van der Waals surface area (Å²) in [5.74, 6) is 0.0316. The minimum atomic E-state index is -0.758. The summed E-state index contributed by atoms with van der Waals surface area (Å²) in [6, 6.07) is 0. The van der Waals surface area contributed by atoms with Gasteiger partial charge in [0, 0.05) is 19.3 Å². The molecule has 0 aliphatic heterocycles. The maximum absolute atomic E-state index is 12.7. The minimum absolute atomic E-state index is 0.0641. The van der Waals surface area contributed by atoms with E-state index < -0.39 is 6.10 Å².